The van der Waals surface area contributed by atoms with Gasteiger partial charge in [-0.1, -0.05) is 66.7 Å². The zero-order valence-corrected chi connectivity index (χ0v) is 18.8. The molecule has 1 atom stereocenters. The van der Waals surface area contributed by atoms with Crippen molar-refractivity contribution in [3.63, 3.8) is 0 Å². The molecule has 1 aromatic heterocycles. The Morgan fingerprint density at radius 1 is 1.00 bits per heavy atom. The highest BCUT2D eigenvalue weighted by molar-refractivity contribution is 6.01. The summed E-state index contributed by atoms with van der Waals surface area (Å²) in [5, 5.41) is 3.06. The molecule has 0 spiro atoms. The Kier molecular flexibility index (Phi) is 5.21. The van der Waals surface area contributed by atoms with E-state index in [0.29, 0.717) is 25.5 Å². The molecule has 3 aromatic carbocycles. The number of nitrogens with zero attached hydrogens (tertiary/aromatic N) is 3. The maximum Gasteiger partial charge on any atom is 0.291 e. The summed E-state index contributed by atoms with van der Waals surface area (Å²) >= 11 is 0. The fourth-order valence-corrected chi connectivity index (χ4v) is 4.50. The fraction of sp³-hybridized carbons (Fsp3) is 0.222. The number of aromatic nitrogens is 2. The van der Waals surface area contributed by atoms with Crippen LogP contribution in [0.5, 0.6) is 0 Å². The van der Waals surface area contributed by atoms with Crippen LogP contribution < -0.4 is 5.32 Å². The Labute approximate surface area is 192 Å². The van der Waals surface area contributed by atoms with Gasteiger partial charge in [-0.15, -0.1) is 0 Å². The molecule has 4 aromatic rings. The first-order chi connectivity index (χ1) is 16.0. The van der Waals surface area contributed by atoms with Crippen molar-refractivity contribution >= 4 is 22.8 Å². The van der Waals surface area contributed by atoms with Crippen LogP contribution in [0.1, 0.15) is 34.2 Å². The van der Waals surface area contributed by atoms with Gasteiger partial charge in [-0.25, -0.2) is 4.98 Å². The summed E-state index contributed by atoms with van der Waals surface area (Å²) in [7, 11) is 0. The molecule has 1 aliphatic heterocycles. The topological polar surface area (TPSA) is 67.2 Å². The van der Waals surface area contributed by atoms with E-state index in [-0.39, 0.29) is 11.8 Å². The maximum absolute atomic E-state index is 13.8. The lowest BCUT2D eigenvalue weighted by Gasteiger charge is -2.43. The second kappa shape index (κ2) is 8.20. The van der Waals surface area contributed by atoms with Crippen LogP contribution in [0.2, 0.25) is 0 Å². The number of amides is 2. The van der Waals surface area contributed by atoms with Crippen LogP contribution in [-0.4, -0.2) is 31.8 Å². The average molecular weight is 439 g/mol. The molecule has 0 unspecified atom stereocenters. The third kappa shape index (κ3) is 3.67. The van der Waals surface area contributed by atoms with Crippen molar-refractivity contribution in [3.05, 3.63) is 101 Å². The number of carbonyl (C=O) groups is 2. The predicted molar refractivity (Wildman–Crippen MR) is 127 cm³/mol. The summed E-state index contributed by atoms with van der Waals surface area (Å²) < 4.78 is 1.88. The molecular formula is C27H26N4O2. The Balaban J connectivity index is 1.55. The lowest BCUT2D eigenvalue weighted by Crippen LogP contribution is -2.63. The Hall–Kier alpha value is -3.93. The lowest BCUT2D eigenvalue weighted by atomic mass is 9.93. The molecule has 33 heavy (non-hydrogen) atoms. The number of nitrogens with one attached hydrogen (secondary N) is 1. The van der Waals surface area contributed by atoms with Crippen LogP contribution in [0.3, 0.4) is 0 Å². The zero-order valence-electron chi connectivity index (χ0n) is 18.8. The van der Waals surface area contributed by atoms with E-state index in [4.69, 9.17) is 0 Å². The largest absolute Gasteiger partial charge is 0.350 e. The number of rotatable bonds is 5. The van der Waals surface area contributed by atoms with E-state index < -0.39 is 5.54 Å². The molecule has 0 bridgehead atoms. The van der Waals surface area contributed by atoms with Crippen molar-refractivity contribution in [1.82, 2.24) is 19.8 Å². The second-order valence-electron chi connectivity index (χ2n) is 8.77. The summed E-state index contributed by atoms with van der Waals surface area (Å²) in [5.74, 6) is -0.0482. The summed E-state index contributed by atoms with van der Waals surface area (Å²) in [4.78, 5) is 33.7. The van der Waals surface area contributed by atoms with Gasteiger partial charge in [-0.2, -0.15) is 0 Å². The van der Waals surface area contributed by atoms with Crippen LogP contribution in [0.25, 0.3) is 11.0 Å². The first kappa shape index (κ1) is 20.9. The van der Waals surface area contributed by atoms with Crippen LogP contribution in [0.4, 0.5) is 0 Å². The van der Waals surface area contributed by atoms with Gasteiger partial charge in [0.05, 0.1) is 17.6 Å². The minimum Gasteiger partial charge on any atom is -0.350 e. The number of para-hydroxylation sites is 2. The van der Waals surface area contributed by atoms with Crippen molar-refractivity contribution in [2.75, 3.05) is 0 Å². The number of aryl methyl sites for hydroxylation is 1. The minimum atomic E-state index is -1.08. The molecule has 1 aliphatic rings. The predicted octanol–water partition coefficient (Wildman–Crippen LogP) is 4.08. The Morgan fingerprint density at radius 2 is 1.70 bits per heavy atom. The molecule has 1 N–H and O–H groups in total. The van der Waals surface area contributed by atoms with E-state index in [1.54, 1.807) is 4.90 Å². The van der Waals surface area contributed by atoms with Gasteiger partial charge in [-0.3, -0.25) is 9.59 Å². The Bertz CT molecular complexity index is 1340. The third-order valence-electron chi connectivity index (χ3n) is 6.53. The molecule has 5 rings (SSSR count). The van der Waals surface area contributed by atoms with E-state index in [1.165, 1.54) is 0 Å². The minimum absolute atomic E-state index is 0.184. The lowest BCUT2D eigenvalue weighted by molar-refractivity contribution is -0.133. The number of fused-ring (bicyclic) bond motifs is 3. The van der Waals surface area contributed by atoms with Gasteiger partial charge in [0, 0.05) is 13.1 Å². The van der Waals surface area contributed by atoms with Crippen molar-refractivity contribution in [3.8, 4) is 0 Å². The van der Waals surface area contributed by atoms with Crippen molar-refractivity contribution in [2.24, 2.45) is 0 Å². The van der Waals surface area contributed by atoms with Gasteiger partial charge in [0.25, 0.3) is 5.91 Å². The van der Waals surface area contributed by atoms with Crippen molar-refractivity contribution in [2.45, 2.75) is 39.0 Å². The van der Waals surface area contributed by atoms with E-state index in [2.05, 4.69) is 10.3 Å². The highest BCUT2D eigenvalue weighted by Crippen LogP contribution is 2.32. The van der Waals surface area contributed by atoms with E-state index >= 15 is 0 Å². The van der Waals surface area contributed by atoms with Crippen LogP contribution in [0, 0.1) is 6.92 Å². The molecule has 2 amide bonds. The molecule has 0 saturated carbocycles. The zero-order chi connectivity index (χ0) is 23.0. The smallest absolute Gasteiger partial charge is 0.291 e. The molecular weight excluding hydrogens is 412 g/mol. The summed E-state index contributed by atoms with van der Waals surface area (Å²) in [6, 6.07) is 25.4. The summed E-state index contributed by atoms with van der Waals surface area (Å²) in [6.07, 6.45) is 0. The van der Waals surface area contributed by atoms with Gasteiger partial charge in [0.1, 0.15) is 5.54 Å². The molecule has 166 valence electrons. The van der Waals surface area contributed by atoms with Gasteiger partial charge < -0.3 is 14.8 Å². The van der Waals surface area contributed by atoms with Crippen molar-refractivity contribution in [1.29, 1.82) is 0 Å². The van der Waals surface area contributed by atoms with E-state index in [0.717, 1.165) is 27.7 Å². The molecule has 6 heteroatoms. The third-order valence-corrected chi connectivity index (χ3v) is 6.53. The quantitative estimate of drug-likeness (QED) is 0.511. The number of carbonyl (C=O) groups excluding carboxylic acids is 2. The fourth-order valence-electron chi connectivity index (χ4n) is 4.50. The van der Waals surface area contributed by atoms with E-state index in [9.17, 15) is 9.59 Å². The number of hydrogen-bond acceptors (Lipinski definition) is 3. The number of imidazole rings is 1. The van der Waals surface area contributed by atoms with Gasteiger partial charge >= 0.3 is 0 Å². The van der Waals surface area contributed by atoms with Crippen LogP contribution in [0.15, 0.2) is 78.9 Å². The van der Waals surface area contributed by atoms with Crippen LogP contribution in [-0.2, 0) is 24.4 Å². The SMILES string of the molecule is Cc1ccccc1CN1C(=O)c2nc3ccccc3n2C[C@@]1(C)C(=O)NCc1ccccc1. The highest BCUT2D eigenvalue weighted by atomic mass is 16.2. The highest BCUT2D eigenvalue weighted by Gasteiger charge is 2.48. The Morgan fingerprint density at radius 3 is 2.48 bits per heavy atom. The monoisotopic (exact) mass is 438 g/mol. The van der Waals surface area contributed by atoms with Gasteiger partial charge in [0.2, 0.25) is 5.91 Å². The average Bonchev–Trinajstić information content (AvgIpc) is 3.20. The summed E-state index contributed by atoms with van der Waals surface area (Å²) in [6.45, 7) is 4.94. The van der Waals surface area contributed by atoms with Crippen LogP contribution >= 0.6 is 0 Å². The van der Waals surface area contributed by atoms with Gasteiger partial charge in [0.15, 0.2) is 5.82 Å². The molecule has 0 saturated heterocycles. The number of benzene rings is 3. The number of hydrogen-bond donors (Lipinski definition) is 1. The molecule has 6 nitrogen and oxygen atoms in total. The first-order valence-electron chi connectivity index (χ1n) is 11.1. The van der Waals surface area contributed by atoms with E-state index in [1.807, 2.05) is 97.3 Å². The second-order valence-corrected chi connectivity index (χ2v) is 8.77. The first-order valence-corrected chi connectivity index (χ1v) is 11.1. The maximum atomic E-state index is 13.8. The molecule has 2 heterocycles. The van der Waals surface area contributed by atoms with Crippen molar-refractivity contribution < 1.29 is 9.59 Å². The molecule has 0 aliphatic carbocycles. The summed E-state index contributed by atoms with van der Waals surface area (Å²) in [5.41, 5.74) is 3.64. The normalized spacial score (nSPS) is 17.8. The standard InChI is InChI=1S/C27H26N4O2/c1-19-10-6-7-13-21(19)17-31-25(32)24-29-22-14-8-9-15-23(22)30(24)18-27(31,2)26(33)28-16-20-11-4-3-5-12-20/h3-15H,16-18H2,1-2H3,(H,28,33)/t27-/m0/s1. The molecule has 0 radical (unpaired) electrons. The van der Waals surface area contributed by atoms with Gasteiger partial charge in [-0.05, 0) is 42.7 Å². The molecule has 0 fully saturated rings.